The van der Waals surface area contributed by atoms with E-state index >= 15 is 0 Å². The Bertz CT molecular complexity index is 1460. The van der Waals surface area contributed by atoms with Crippen molar-refractivity contribution >= 4 is 22.7 Å². The molecule has 9 heteroatoms. The van der Waals surface area contributed by atoms with Gasteiger partial charge in [-0.3, -0.25) is 4.79 Å². The highest BCUT2D eigenvalue weighted by molar-refractivity contribution is 7.98. The lowest BCUT2D eigenvalue weighted by Gasteiger charge is -2.11. The minimum Gasteiger partial charge on any atom is -0.497 e. The van der Waals surface area contributed by atoms with Gasteiger partial charge in [0, 0.05) is 12.1 Å². The highest BCUT2D eigenvalue weighted by Crippen LogP contribution is 2.26. The Labute approximate surface area is 200 Å². The van der Waals surface area contributed by atoms with Crippen molar-refractivity contribution in [3.05, 3.63) is 94.8 Å². The second-order valence-corrected chi connectivity index (χ2v) is 8.52. The normalized spacial score (nSPS) is 11.1. The standard InChI is InChI=1S/C25H22N6O2S/c1-33-20-13-11-19(12-14-20)23-27-28-25(30(23)16-15-18-7-3-2-4-8-18)34-17-31-24(32)21-9-5-6-10-22(21)26-29-31/h2-14H,15-17H2,1H3. The summed E-state index contributed by atoms with van der Waals surface area (Å²) in [7, 11) is 1.64. The predicted molar refractivity (Wildman–Crippen MR) is 132 cm³/mol. The maximum absolute atomic E-state index is 12.8. The van der Waals surface area contributed by atoms with E-state index in [1.54, 1.807) is 19.2 Å². The molecule has 2 heterocycles. The summed E-state index contributed by atoms with van der Waals surface area (Å²) in [5.74, 6) is 1.82. The molecule has 0 aliphatic heterocycles. The van der Waals surface area contributed by atoms with Gasteiger partial charge in [-0.15, -0.1) is 15.3 Å². The number of benzene rings is 3. The second kappa shape index (κ2) is 9.88. The second-order valence-electron chi connectivity index (χ2n) is 7.61. The lowest BCUT2D eigenvalue weighted by Crippen LogP contribution is -2.23. The number of ether oxygens (including phenoxy) is 1. The first-order chi connectivity index (χ1) is 16.7. The van der Waals surface area contributed by atoms with Gasteiger partial charge in [-0.25, -0.2) is 0 Å². The van der Waals surface area contributed by atoms with Gasteiger partial charge in [-0.1, -0.05) is 59.4 Å². The Morgan fingerprint density at radius 3 is 2.44 bits per heavy atom. The fraction of sp³-hybridized carbons (Fsp3) is 0.160. The third-order valence-electron chi connectivity index (χ3n) is 5.48. The molecular weight excluding hydrogens is 448 g/mol. The third kappa shape index (κ3) is 4.55. The first kappa shape index (κ1) is 21.8. The zero-order valence-electron chi connectivity index (χ0n) is 18.5. The van der Waals surface area contributed by atoms with Crippen LogP contribution in [0.3, 0.4) is 0 Å². The predicted octanol–water partition coefficient (Wildman–Crippen LogP) is 4.05. The SMILES string of the molecule is COc1ccc(-c2nnc(SCn3nnc4ccccc4c3=O)n2CCc2ccccc2)cc1. The molecule has 34 heavy (non-hydrogen) atoms. The molecule has 0 aliphatic carbocycles. The summed E-state index contributed by atoms with van der Waals surface area (Å²) >= 11 is 1.41. The van der Waals surface area contributed by atoms with Crippen molar-refractivity contribution in [3.8, 4) is 17.1 Å². The Hall–Kier alpha value is -3.98. The van der Waals surface area contributed by atoms with E-state index in [0.717, 1.165) is 23.6 Å². The molecule has 0 saturated heterocycles. The van der Waals surface area contributed by atoms with Crippen LogP contribution in [0.25, 0.3) is 22.3 Å². The first-order valence-corrected chi connectivity index (χ1v) is 11.8. The van der Waals surface area contributed by atoms with Crippen LogP contribution in [0.2, 0.25) is 0 Å². The van der Waals surface area contributed by atoms with Crippen molar-refractivity contribution < 1.29 is 4.74 Å². The molecule has 5 aromatic rings. The number of thioether (sulfide) groups is 1. The van der Waals surface area contributed by atoms with Crippen molar-refractivity contribution in [1.82, 2.24) is 29.8 Å². The van der Waals surface area contributed by atoms with Gasteiger partial charge >= 0.3 is 0 Å². The van der Waals surface area contributed by atoms with Crippen molar-refractivity contribution in [3.63, 3.8) is 0 Å². The summed E-state index contributed by atoms with van der Waals surface area (Å²) < 4.78 is 8.72. The number of methoxy groups -OCH3 is 1. The molecule has 0 aliphatic rings. The lowest BCUT2D eigenvalue weighted by atomic mass is 10.1. The number of aryl methyl sites for hydroxylation is 1. The molecule has 0 N–H and O–H groups in total. The molecule has 170 valence electrons. The van der Waals surface area contributed by atoms with E-state index in [-0.39, 0.29) is 11.4 Å². The van der Waals surface area contributed by atoms with Gasteiger partial charge in [0.05, 0.1) is 18.4 Å². The summed E-state index contributed by atoms with van der Waals surface area (Å²) in [6.45, 7) is 0.693. The molecule has 3 aromatic carbocycles. The molecule has 0 fully saturated rings. The van der Waals surface area contributed by atoms with Crippen molar-refractivity contribution in [2.24, 2.45) is 0 Å². The van der Waals surface area contributed by atoms with E-state index < -0.39 is 0 Å². The fourth-order valence-electron chi connectivity index (χ4n) is 3.66. The van der Waals surface area contributed by atoms with Gasteiger partial charge in [0.25, 0.3) is 5.56 Å². The van der Waals surface area contributed by atoms with Crippen molar-refractivity contribution in [1.29, 1.82) is 0 Å². The van der Waals surface area contributed by atoms with Crippen LogP contribution in [0.4, 0.5) is 0 Å². The van der Waals surface area contributed by atoms with Gasteiger partial charge in [0.15, 0.2) is 11.0 Å². The van der Waals surface area contributed by atoms with Gasteiger partial charge in [0.1, 0.15) is 11.3 Å². The number of nitrogens with zero attached hydrogens (tertiary/aromatic N) is 6. The highest BCUT2D eigenvalue weighted by atomic mass is 32.2. The summed E-state index contributed by atoms with van der Waals surface area (Å²) in [4.78, 5) is 12.8. The number of aromatic nitrogens is 6. The summed E-state index contributed by atoms with van der Waals surface area (Å²) in [6.07, 6.45) is 0.825. The smallest absolute Gasteiger partial charge is 0.278 e. The van der Waals surface area contributed by atoms with E-state index in [1.165, 1.54) is 22.0 Å². The minimum absolute atomic E-state index is 0.177. The topological polar surface area (TPSA) is 87.7 Å². The van der Waals surface area contributed by atoms with Crippen LogP contribution in [0.15, 0.2) is 88.8 Å². The van der Waals surface area contributed by atoms with E-state index in [0.29, 0.717) is 22.6 Å². The van der Waals surface area contributed by atoms with Gasteiger partial charge in [-0.05, 0) is 48.4 Å². The molecule has 0 unspecified atom stereocenters. The zero-order chi connectivity index (χ0) is 23.3. The Balaban J connectivity index is 1.44. The molecule has 2 aromatic heterocycles. The molecule has 8 nitrogen and oxygen atoms in total. The molecule has 5 rings (SSSR count). The number of hydrogen-bond acceptors (Lipinski definition) is 7. The first-order valence-electron chi connectivity index (χ1n) is 10.8. The van der Waals surface area contributed by atoms with Gasteiger partial charge in [0.2, 0.25) is 0 Å². The molecule has 0 atom stereocenters. The average Bonchev–Trinajstić information content (AvgIpc) is 3.30. The summed E-state index contributed by atoms with van der Waals surface area (Å²) in [6, 6.07) is 25.2. The number of hydrogen-bond donors (Lipinski definition) is 0. The number of fused-ring (bicyclic) bond motifs is 1. The van der Waals surface area contributed by atoms with Crippen molar-refractivity contribution in [2.45, 2.75) is 24.0 Å². The summed E-state index contributed by atoms with van der Waals surface area (Å²) in [5.41, 5.74) is 2.57. The Morgan fingerprint density at radius 1 is 0.882 bits per heavy atom. The zero-order valence-corrected chi connectivity index (χ0v) is 19.4. The number of rotatable bonds is 8. The maximum atomic E-state index is 12.8. The van der Waals surface area contributed by atoms with Crippen LogP contribution in [-0.2, 0) is 18.8 Å². The highest BCUT2D eigenvalue weighted by Gasteiger charge is 2.16. The lowest BCUT2D eigenvalue weighted by molar-refractivity contribution is 0.415. The van der Waals surface area contributed by atoms with Gasteiger partial charge in [-0.2, -0.15) is 4.68 Å². The van der Waals surface area contributed by atoms with Crippen LogP contribution in [0.1, 0.15) is 5.56 Å². The van der Waals surface area contributed by atoms with E-state index in [2.05, 4.69) is 37.2 Å². The van der Waals surface area contributed by atoms with Crippen LogP contribution in [0, 0.1) is 0 Å². The quantitative estimate of drug-likeness (QED) is 0.316. The third-order valence-corrected chi connectivity index (χ3v) is 6.41. The monoisotopic (exact) mass is 470 g/mol. The largest absolute Gasteiger partial charge is 0.497 e. The molecular formula is C25H22N6O2S. The van der Waals surface area contributed by atoms with Gasteiger partial charge < -0.3 is 9.30 Å². The Kier molecular flexibility index (Phi) is 6.35. The van der Waals surface area contributed by atoms with E-state index in [4.69, 9.17) is 4.74 Å². The molecule has 0 saturated carbocycles. The average molecular weight is 471 g/mol. The van der Waals surface area contributed by atoms with Crippen LogP contribution in [0.5, 0.6) is 5.75 Å². The minimum atomic E-state index is -0.177. The maximum Gasteiger partial charge on any atom is 0.278 e. The van der Waals surface area contributed by atoms with Crippen molar-refractivity contribution in [2.75, 3.05) is 7.11 Å². The Morgan fingerprint density at radius 2 is 1.65 bits per heavy atom. The molecule has 0 bridgehead atoms. The molecule has 0 radical (unpaired) electrons. The molecule has 0 amide bonds. The van der Waals surface area contributed by atoms with E-state index in [1.807, 2.05) is 54.6 Å². The summed E-state index contributed by atoms with van der Waals surface area (Å²) in [5, 5.41) is 18.4. The van der Waals surface area contributed by atoms with Crippen LogP contribution < -0.4 is 10.3 Å². The molecule has 0 spiro atoms. The van der Waals surface area contributed by atoms with Crippen LogP contribution >= 0.6 is 11.8 Å². The fourth-order valence-corrected chi connectivity index (χ4v) is 4.50. The van der Waals surface area contributed by atoms with Crippen LogP contribution in [-0.4, -0.2) is 36.9 Å². The van der Waals surface area contributed by atoms with E-state index in [9.17, 15) is 4.79 Å².